The fourth-order valence-corrected chi connectivity index (χ4v) is 4.28. The number of nitrogen functional groups attached to an aromatic ring is 1. The number of halogens is 1. The number of aromatic nitrogens is 3. The molecule has 0 bridgehead atoms. The first-order chi connectivity index (χ1) is 15.6. The van der Waals surface area contributed by atoms with Crippen molar-refractivity contribution in [2.45, 2.75) is 40.7 Å². The lowest BCUT2D eigenvalue weighted by atomic mass is 10.1. The number of carbonyl (C=O) groups excluding carboxylic acids is 1. The van der Waals surface area contributed by atoms with Gasteiger partial charge in [-0.25, -0.2) is 14.2 Å². The van der Waals surface area contributed by atoms with Gasteiger partial charge >= 0.3 is 5.69 Å². The number of hydrogen-bond donors (Lipinski definition) is 2. The highest BCUT2D eigenvalue weighted by atomic mass is 32.1. The lowest BCUT2D eigenvalue weighted by Crippen LogP contribution is -2.43. The summed E-state index contributed by atoms with van der Waals surface area (Å²) in [5.41, 5.74) is 6.02. The molecular formula is C23H28FN5O3S. The van der Waals surface area contributed by atoms with E-state index in [1.54, 1.807) is 17.5 Å². The average molecular weight is 474 g/mol. The Balaban J connectivity index is 1.95. The Labute approximate surface area is 194 Å². The van der Waals surface area contributed by atoms with E-state index in [1.165, 1.54) is 32.9 Å². The van der Waals surface area contributed by atoms with Gasteiger partial charge in [0.2, 0.25) is 5.91 Å². The summed E-state index contributed by atoms with van der Waals surface area (Å²) in [6, 6.07) is 6.08. The van der Waals surface area contributed by atoms with Crippen molar-refractivity contribution >= 4 is 28.7 Å². The zero-order valence-corrected chi connectivity index (χ0v) is 19.9. The zero-order valence-electron chi connectivity index (χ0n) is 19.1. The van der Waals surface area contributed by atoms with E-state index in [2.05, 4.69) is 9.97 Å². The summed E-state index contributed by atoms with van der Waals surface area (Å²) in [6.07, 6.45) is -0.0687. The molecular weight excluding hydrogens is 445 g/mol. The lowest BCUT2D eigenvalue weighted by Gasteiger charge is -2.26. The second-order valence-corrected chi connectivity index (χ2v) is 9.58. The highest BCUT2D eigenvalue weighted by molar-refractivity contribution is 7.13. The molecule has 0 saturated heterocycles. The molecule has 10 heteroatoms. The van der Waals surface area contributed by atoms with Crippen LogP contribution in [0.15, 0.2) is 39.2 Å². The molecule has 33 heavy (non-hydrogen) atoms. The maximum Gasteiger partial charge on any atom is 0.330 e. The SMILES string of the molecule is CC(C)CN(C(=O)Cc1csc(-c2cccc(F)c2)n1)c1c(N)n(CC(C)C)c(=O)[nH]c1=O. The molecule has 0 atom stereocenters. The van der Waals surface area contributed by atoms with Gasteiger partial charge in [0.25, 0.3) is 5.56 Å². The third-order valence-electron chi connectivity index (χ3n) is 4.84. The van der Waals surface area contributed by atoms with Gasteiger partial charge in [-0.15, -0.1) is 11.3 Å². The molecule has 3 N–H and O–H groups in total. The summed E-state index contributed by atoms with van der Waals surface area (Å²) >= 11 is 1.31. The third kappa shape index (κ3) is 5.75. The van der Waals surface area contributed by atoms with Gasteiger partial charge in [0, 0.05) is 24.0 Å². The number of nitrogens with one attached hydrogen (secondary N) is 1. The van der Waals surface area contributed by atoms with Crippen LogP contribution in [0.2, 0.25) is 0 Å². The van der Waals surface area contributed by atoms with E-state index >= 15 is 0 Å². The monoisotopic (exact) mass is 473 g/mol. The Bertz CT molecular complexity index is 1260. The van der Waals surface area contributed by atoms with Crippen LogP contribution in [0.5, 0.6) is 0 Å². The molecule has 0 radical (unpaired) electrons. The summed E-state index contributed by atoms with van der Waals surface area (Å²) < 4.78 is 14.8. The number of rotatable bonds is 8. The number of hydrogen-bond acceptors (Lipinski definition) is 6. The molecule has 1 aromatic carbocycles. The molecule has 2 aromatic heterocycles. The lowest BCUT2D eigenvalue weighted by molar-refractivity contribution is -0.118. The van der Waals surface area contributed by atoms with Gasteiger partial charge in [-0.05, 0) is 24.0 Å². The van der Waals surface area contributed by atoms with Crippen molar-refractivity contribution in [2.24, 2.45) is 11.8 Å². The Kier molecular flexibility index (Phi) is 7.47. The topological polar surface area (TPSA) is 114 Å². The molecule has 2 heterocycles. The smallest absolute Gasteiger partial charge is 0.330 e. The van der Waals surface area contributed by atoms with Crippen LogP contribution in [0.3, 0.4) is 0 Å². The Morgan fingerprint density at radius 1 is 1.24 bits per heavy atom. The minimum Gasteiger partial charge on any atom is -0.383 e. The number of thiazole rings is 1. The predicted octanol–water partition coefficient (Wildman–Crippen LogP) is 3.27. The molecule has 0 aliphatic carbocycles. The largest absolute Gasteiger partial charge is 0.383 e. The number of aromatic amines is 1. The number of carbonyl (C=O) groups is 1. The highest BCUT2D eigenvalue weighted by Crippen LogP contribution is 2.26. The molecule has 8 nitrogen and oxygen atoms in total. The fourth-order valence-electron chi connectivity index (χ4n) is 3.46. The van der Waals surface area contributed by atoms with Gasteiger partial charge in [0.15, 0.2) is 5.69 Å². The molecule has 0 saturated carbocycles. The van der Waals surface area contributed by atoms with Crippen LogP contribution in [-0.4, -0.2) is 27.0 Å². The van der Waals surface area contributed by atoms with Crippen molar-refractivity contribution in [1.82, 2.24) is 14.5 Å². The number of nitrogens with zero attached hydrogens (tertiary/aromatic N) is 3. The van der Waals surface area contributed by atoms with Crippen LogP contribution >= 0.6 is 11.3 Å². The van der Waals surface area contributed by atoms with E-state index in [4.69, 9.17) is 5.73 Å². The molecule has 176 valence electrons. The van der Waals surface area contributed by atoms with Crippen molar-refractivity contribution in [3.8, 4) is 10.6 Å². The first kappa shape index (κ1) is 24.4. The van der Waals surface area contributed by atoms with Gasteiger partial charge in [0.05, 0.1) is 12.1 Å². The summed E-state index contributed by atoms with van der Waals surface area (Å²) in [4.78, 5) is 46.4. The van der Waals surface area contributed by atoms with E-state index in [0.29, 0.717) is 22.8 Å². The summed E-state index contributed by atoms with van der Waals surface area (Å²) in [6.45, 7) is 8.23. The second-order valence-electron chi connectivity index (χ2n) is 8.73. The van der Waals surface area contributed by atoms with Crippen LogP contribution in [-0.2, 0) is 17.8 Å². The van der Waals surface area contributed by atoms with Crippen LogP contribution in [0.25, 0.3) is 10.6 Å². The maximum absolute atomic E-state index is 13.5. The first-order valence-corrected chi connectivity index (χ1v) is 11.6. The van der Waals surface area contributed by atoms with E-state index in [9.17, 15) is 18.8 Å². The summed E-state index contributed by atoms with van der Waals surface area (Å²) in [7, 11) is 0. The van der Waals surface area contributed by atoms with Gasteiger partial charge in [0.1, 0.15) is 16.6 Å². The van der Waals surface area contributed by atoms with E-state index in [1.807, 2.05) is 27.7 Å². The van der Waals surface area contributed by atoms with Crippen LogP contribution in [0.4, 0.5) is 15.9 Å². The molecule has 0 aliphatic heterocycles. The average Bonchev–Trinajstić information content (AvgIpc) is 3.18. The minimum absolute atomic E-state index is 0.0328. The standard InChI is InChI=1S/C23H28FN5O3S/c1-13(2)10-28(19-20(25)29(11-14(3)4)23(32)27-21(19)31)18(30)9-17-12-33-22(26-17)15-6-5-7-16(24)8-15/h5-8,12-14H,9-11,25H2,1-4H3,(H,27,31,32). The number of benzene rings is 1. The van der Waals surface area contributed by atoms with Crippen molar-refractivity contribution in [1.29, 1.82) is 0 Å². The highest BCUT2D eigenvalue weighted by Gasteiger charge is 2.26. The first-order valence-electron chi connectivity index (χ1n) is 10.7. The van der Waals surface area contributed by atoms with E-state index < -0.39 is 11.2 Å². The molecule has 1 amide bonds. The van der Waals surface area contributed by atoms with Crippen LogP contribution in [0, 0.1) is 17.7 Å². The molecule has 0 unspecified atom stereocenters. The predicted molar refractivity (Wildman–Crippen MR) is 129 cm³/mol. The van der Waals surface area contributed by atoms with Crippen LogP contribution in [0.1, 0.15) is 33.4 Å². The zero-order chi connectivity index (χ0) is 24.3. The number of anilines is 2. The summed E-state index contributed by atoms with van der Waals surface area (Å²) in [5.74, 6) is -0.627. The fraction of sp³-hybridized carbons (Fsp3) is 0.391. The Morgan fingerprint density at radius 2 is 1.97 bits per heavy atom. The molecule has 3 rings (SSSR count). The van der Waals surface area contributed by atoms with E-state index in [-0.39, 0.29) is 48.0 Å². The number of nitrogens with two attached hydrogens (primary N) is 1. The maximum atomic E-state index is 13.5. The van der Waals surface area contributed by atoms with Gasteiger partial charge in [-0.3, -0.25) is 19.1 Å². The van der Waals surface area contributed by atoms with Crippen molar-refractivity contribution in [2.75, 3.05) is 17.2 Å². The Morgan fingerprint density at radius 3 is 2.61 bits per heavy atom. The number of H-pyrrole nitrogens is 1. The molecule has 3 aromatic rings. The molecule has 0 aliphatic rings. The van der Waals surface area contributed by atoms with Crippen molar-refractivity contribution in [3.63, 3.8) is 0 Å². The quantitative estimate of drug-likeness (QED) is 0.521. The van der Waals surface area contributed by atoms with E-state index in [0.717, 1.165) is 0 Å². The van der Waals surface area contributed by atoms with Crippen molar-refractivity contribution in [3.05, 3.63) is 62.0 Å². The molecule has 0 fully saturated rings. The second kappa shape index (κ2) is 10.1. The van der Waals surface area contributed by atoms with Crippen LogP contribution < -0.4 is 21.9 Å². The van der Waals surface area contributed by atoms with Gasteiger partial charge in [-0.2, -0.15) is 0 Å². The minimum atomic E-state index is -0.703. The molecule has 0 spiro atoms. The normalized spacial score (nSPS) is 11.4. The van der Waals surface area contributed by atoms with Gasteiger partial charge < -0.3 is 10.6 Å². The van der Waals surface area contributed by atoms with Crippen molar-refractivity contribution < 1.29 is 9.18 Å². The Hall–Kier alpha value is -3.27. The van der Waals surface area contributed by atoms with Gasteiger partial charge in [-0.1, -0.05) is 39.8 Å². The third-order valence-corrected chi connectivity index (χ3v) is 5.78. The summed E-state index contributed by atoms with van der Waals surface area (Å²) in [5, 5.41) is 2.33. The number of amides is 1.